The van der Waals surface area contributed by atoms with Crippen molar-refractivity contribution in [3.63, 3.8) is 0 Å². The zero-order valence-corrected chi connectivity index (χ0v) is 17.1. The molecule has 0 aliphatic carbocycles. The number of aromatic amines is 1. The molecule has 1 saturated heterocycles. The van der Waals surface area contributed by atoms with Gasteiger partial charge in [0.05, 0.1) is 19.0 Å². The van der Waals surface area contributed by atoms with Crippen molar-refractivity contribution < 1.29 is 9.53 Å². The third kappa shape index (κ3) is 4.59. The number of aromatic nitrogens is 2. The molecule has 6 nitrogen and oxygen atoms in total. The molecule has 152 valence electrons. The van der Waals surface area contributed by atoms with Gasteiger partial charge in [0, 0.05) is 37.7 Å². The zero-order valence-electron chi connectivity index (χ0n) is 17.1. The van der Waals surface area contributed by atoms with Crippen molar-refractivity contribution in [1.82, 2.24) is 20.4 Å². The van der Waals surface area contributed by atoms with E-state index >= 15 is 0 Å². The number of nitrogens with zero attached hydrogens (tertiary/aromatic N) is 2. The third-order valence-electron chi connectivity index (χ3n) is 5.69. The van der Waals surface area contributed by atoms with E-state index in [0.29, 0.717) is 5.92 Å². The minimum Gasteiger partial charge on any atom is -0.497 e. The molecule has 1 atom stereocenters. The molecule has 29 heavy (non-hydrogen) atoms. The summed E-state index contributed by atoms with van der Waals surface area (Å²) in [6, 6.07) is 12.6. The second-order valence-corrected chi connectivity index (χ2v) is 7.88. The van der Waals surface area contributed by atoms with Crippen LogP contribution in [0.25, 0.3) is 22.0 Å². The van der Waals surface area contributed by atoms with Gasteiger partial charge in [-0.15, -0.1) is 0 Å². The quantitative estimate of drug-likeness (QED) is 0.673. The number of amides is 1. The predicted octanol–water partition coefficient (Wildman–Crippen LogP) is 3.59. The molecule has 0 unspecified atom stereocenters. The van der Waals surface area contributed by atoms with E-state index < -0.39 is 0 Å². The number of carbonyl (C=O) groups is 1. The number of piperidine rings is 1. The summed E-state index contributed by atoms with van der Waals surface area (Å²) >= 11 is 0. The zero-order chi connectivity index (χ0) is 20.2. The number of hydrogen-bond donors (Lipinski definition) is 2. The van der Waals surface area contributed by atoms with E-state index in [0.717, 1.165) is 55.0 Å². The molecule has 1 aliphatic rings. The molecule has 1 amide bonds. The first kappa shape index (κ1) is 19.5. The van der Waals surface area contributed by atoms with Crippen molar-refractivity contribution in [1.29, 1.82) is 0 Å². The summed E-state index contributed by atoms with van der Waals surface area (Å²) in [7, 11) is 1.69. The lowest BCUT2D eigenvalue weighted by molar-refractivity contribution is -0.119. The standard InChI is InChI=1S/C23H28N4O2/c1-16(28)24-12-17-4-3-9-27(14-17)15-21-13-25-26-23(21)20-6-5-19-11-22(29-2)8-7-18(19)10-20/h5-8,10-11,13,17H,3-4,9,12,14-15H2,1-2H3,(H,24,28)(H,25,26)/t17-/m0/s1. The molecule has 0 spiro atoms. The van der Waals surface area contributed by atoms with Gasteiger partial charge in [-0.3, -0.25) is 14.8 Å². The Hall–Kier alpha value is -2.86. The van der Waals surface area contributed by atoms with Crippen LogP contribution in [0.3, 0.4) is 0 Å². The fourth-order valence-electron chi connectivity index (χ4n) is 4.18. The van der Waals surface area contributed by atoms with Crippen LogP contribution in [0.15, 0.2) is 42.6 Å². The van der Waals surface area contributed by atoms with E-state index in [4.69, 9.17) is 4.74 Å². The SMILES string of the molecule is COc1ccc2cc(-c3[nH]ncc3CN3CCC[C@@H](CNC(C)=O)C3)ccc2c1. The van der Waals surface area contributed by atoms with Crippen LogP contribution in [0, 0.1) is 5.92 Å². The van der Waals surface area contributed by atoms with E-state index in [1.54, 1.807) is 14.0 Å². The Labute approximate surface area is 171 Å². The summed E-state index contributed by atoms with van der Waals surface area (Å²) in [4.78, 5) is 13.7. The van der Waals surface area contributed by atoms with Crippen molar-refractivity contribution in [2.75, 3.05) is 26.7 Å². The van der Waals surface area contributed by atoms with Gasteiger partial charge in [0.25, 0.3) is 0 Å². The number of hydrogen-bond acceptors (Lipinski definition) is 4. The maximum absolute atomic E-state index is 11.2. The first-order chi connectivity index (χ1) is 14.1. The van der Waals surface area contributed by atoms with Crippen LogP contribution in [0.4, 0.5) is 0 Å². The highest BCUT2D eigenvalue weighted by Gasteiger charge is 2.21. The summed E-state index contributed by atoms with van der Waals surface area (Å²) in [6.45, 7) is 5.29. The molecule has 4 rings (SSSR count). The maximum atomic E-state index is 11.2. The van der Waals surface area contributed by atoms with E-state index in [1.165, 1.54) is 17.4 Å². The highest BCUT2D eigenvalue weighted by molar-refractivity contribution is 5.88. The van der Waals surface area contributed by atoms with E-state index in [2.05, 4.69) is 50.7 Å². The molecule has 0 saturated carbocycles. The highest BCUT2D eigenvalue weighted by Crippen LogP contribution is 2.29. The second-order valence-electron chi connectivity index (χ2n) is 7.88. The molecule has 1 aliphatic heterocycles. The number of fused-ring (bicyclic) bond motifs is 1. The van der Waals surface area contributed by atoms with Gasteiger partial charge in [0.15, 0.2) is 0 Å². The number of nitrogens with one attached hydrogen (secondary N) is 2. The molecule has 2 N–H and O–H groups in total. The summed E-state index contributed by atoms with van der Waals surface area (Å²) < 4.78 is 5.32. The monoisotopic (exact) mass is 392 g/mol. The molecular weight excluding hydrogens is 364 g/mol. The van der Waals surface area contributed by atoms with E-state index in [9.17, 15) is 4.79 Å². The molecule has 1 fully saturated rings. The fraction of sp³-hybridized carbons (Fsp3) is 0.391. The summed E-state index contributed by atoms with van der Waals surface area (Å²) in [6.07, 6.45) is 4.27. The van der Waals surface area contributed by atoms with E-state index in [-0.39, 0.29) is 5.91 Å². The first-order valence-corrected chi connectivity index (χ1v) is 10.2. The Morgan fingerprint density at radius 2 is 2.10 bits per heavy atom. The Morgan fingerprint density at radius 3 is 2.93 bits per heavy atom. The van der Waals surface area contributed by atoms with Gasteiger partial charge in [-0.25, -0.2) is 0 Å². The average Bonchev–Trinajstić information content (AvgIpc) is 3.19. The van der Waals surface area contributed by atoms with Gasteiger partial charge in [0.2, 0.25) is 5.91 Å². The van der Waals surface area contributed by atoms with Crippen LogP contribution < -0.4 is 10.1 Å². The van der Waals surface area contributed by atoms with Crippen LogP contribution >= 0.6 is 0 Å². The highest BCUT2D eigenvalue weighted by atomic mass is 16.5. The van der Waals surface area contributed by atoms with Gasteiger partial charge in [-0.1, -0.05) is 18.2 Å². The number of methoxy groups -OCH3 is 1. The van der Waals surface area contributed by atoms with E-state index in [1.807, 2.05) is 12.3 Å². The Balaban J connectivity index is 1.50. The topological polar surface area (TPSA) is 70.2 Å². The number of likely N-dealkylation sites (tertiary alicyclic amines) is 1. The number of H-pyrrole nitrogens is 1. The van der Waals surface area contributed by atoms with Crippen LogP contribution in [0.1, 0.15) is 25.3 Å². The van der Waals surface area contributed by atoms with Gasteiger partial charge in [-0.05, 0) is 54.3 Å². The number of rotatable bonds is 6. The lowest BCUT2D eigenvalue weighted by atomic mass is 9.97. The lowest BCUT2D eigenvalue weighted by Gasteiger charge is -2.32. The first-order valence-electron chi connectivity index (χ1n) is 10.2. The Bertz CT molecular complexity index is 997. The third-order valence-corrected chi connectivity index (χ3v) is 5.69. The summed E-state index contributed by atoms with van der Waals surface area (Å²) in [5.74, 6) is 1.43. The second kappa shape index (κ2) is 8.66. The molecule has 3 aromatic rings. The Morgan fingerprint density at radius 1 is 1.28 bits per heavy atom. The molecular formula is C23H28N4O2. The normalized spacial score (nSPS) is 17.4. The number of ether oxygens (including phenoxy) is 1. The van der Waals surface area contributed by atoms with Gasteiger partial charge < -0.3 is 10.1 Å². The minimum absolute atomic E-state index is 0.0492. The summed E-state index contributed by atoms with van der Waals surface area (Å²) in [5, 5.41) is 12.8. The van der Waals surface area contributed by atoms with Gasteiger partial charge in [-0.2, -0.15) is 5.10 Å². The number of carbonyl (C=O) groups excluding carboxylic acids is 1. The van der Waals surface area contributed by atoms with Crippen LogP contribution in [0.2, 0.25) is 0 Å². The number of benzene rings is 2. The largest absolute Gasteiger partial charge is 0.497 e. The molecule has 2 aromatic carbocycles. The van der Waals surface area contributed by atoms with Crippen LogP contribution in [0.5, 0.6) is 5.75 Å². The average molecular weight is 393 g/mol. The molecule has 2 heterocycles. The van der Waals surface area contributed by atoms with Gasteiger partial charge in [0.1, 0.15) is 5.75 Å². The van der Waals surface area contributed by atoms with Crippen molar-refractivity contribution in [2.24, 2.45) is 5.92 Å². The minimum atomic E-state index is 0.0492. The summed E-state index contributed by atoms with van der Waals surface area (Å²) in [5.41, 5.74) is 3.42. The van der Waals surface area contributed by atoms with Crippen molar-refractivity contribution >= 4 is 16.7 Å². The predicted molar refractivity (Wildman–Crippen MR) is 115 cm³/mol. The smallest absolute Gasteiger partial charge is 0.216 e. The van der Waals surface area contributed by atoms with Crippen molar-refractivity contribution in [2.45, 2.75) is 26.3 Å². The lowest BCUT2D eigenvalue weighted by Crippen LogP contribution is -2.40. The molecule has 6 heteroatoms. The molecule has 0 radical (unpaired) electrons. The molecule has 1 aromatic heterocycles. The van der Waals surface area contributed by atoms with Gasteiger partial charge >= 0.3 is 0 Å². The van der Waals surface area contributed by atoms with Crippen LogP contribution in [-0.4, -0.2) is 47.7 Å². The Kier molecular flexibility index (Phi) is 5.81. The van der Waals surface area contributed by atoms with Crippen molar-refractivity contribution in [3.8, 4) is 17.0 Å². The molecule has 0 bridgehead atoms. The maximum Gasteiger partial charge on any atom is 0.216 e. The van der Waals surface area contributed by atoms with Crippen LogP contribution in [-0.2, 0) is 11.3 Å². The fourth-order valence-corrected chi connectivity index (χ4v) is 4.18. The van der Waals surface area contributed by atoms with Crippen molar-refractivity contribution in [3.05, 3.63) is 48.2 Å².